The lowest BCUT2D eigenvalue weighted by molar-refractivity contribution is -0.149. The minimum absolute atomic E-state index is 0.00880. The third-order valence-corrected chi connectivity index (χ3v) is 24.0. The highest BCUT2D eigenvalue weighted by molar-refractivity contribution is 6.31. The molecule has 0 aromatic heterocycles. The summed E-state index contributed by atoms with van der Waals surface area (Å²) >= 11 is 0. The molecule has 1 atom stereocenters. The third kappa shape index (κ3) is 73.6. The topological polar surface area (TPSA) is 348 Å². The van der Waals surface area contributed by atoms with Crippen LogP contribution in [-0.4, -0.2) is 131 Å². The van der Waals surface area contributed by atoms with Crippen LogP contribution in [0.5, 0.6) is 5.75 Å². The molecular weight excluding hydrogens is 1900 g/mol. The molecule has 150 heavy (non-hydrogen) atoms. The second-order valence-electron chi connectivity index (χ2n) is 38.1. The van der Waals surface area contributed by atoms with Gasteiger partial charge in [-0.2, -0.15) is 0 Å². The van der Waals surface area contributed by atoms with Crippen LogP contribution in [0.1, 0.15) is 450 Å². The van der Waals surface area contributed by atoms with Gasteiger partial charge in [0.15, 0.2) is 28.9 Å². The molecule has 840 valence electrons. The van der Waals surface area contributed by atoms with Crippen molar-refractivity contribution in [3.63, 3.8) is 0 Å². The van der Waals surface area contributed by atoms with E-state index in [1.54, 1.807) is 88.6 Å². The Kier molecular flexibility index (Phi) is 91.0. The molecule has 0 aliphatic heterocycles. The first-order valence-electron chi connectivity index (χ1n) is 55.8. The largest absolute Gasteiger partial charge is 0.497 e. The fraction of sp³-hybridized carbons (Fsp3) is 0.587. The minimum atomic E-state index is -0.722. The molecule has 4 aromatic carbocycles. The number of ketones is 5. The van der Waals surface area contributed by atoms with E-state index in [4.69, 9.17) is 34.2 Å². The van der Waals surface area contributed by atoms with Crippen molar-refractivity contribution in [3.8, 4) is 5.75 Å². The highest BCUT2D eigenvalue weighted by atomic mass is 16.6. The molecule has 0 aliphatic carbocycles. The van der Waals surface area contributed by atoms with Crippen LogP contribution in [0.25, 0.3) is 0 Å². The molecular formula is C126H193NO23. The average Bonchev–Trinajstić information content (AvgIpc) is 0.815. The molecule has 1 amide bonds. The summed E-state index contributed by atoms with van der Waals surface area (Å²) in [6, 6.07) is 33.4. The van der Waals surface area contributed by atoms with Crippen molar-refractivity contribution in [2.75, 3.05) is 48.3 Å². The Morgan fingerprint density at radius 3 is 0.800 bits per heavy atom. The summed E-state index contributed by atoms with van der Waals surface area (Å²) in [5.74, 6) is -5.54. The van der Waals surface area contributed by atoms with Crippen molar-refractivity contribution in [2.24, 2.45) is 11.7 Å². The Morgan fingerprint density at radius 1 is 0.280 bits per heavy atom. The number of esters is 8. The number of methoxy groups -OCH3 is 4. The number of benzene rings is 4. The molecule has 0 radical (unpaired) electrons. The molecule has 1 unspecified atom stereocenters. The van der Waals surface area contributed by atoms with E-state index in [2.05, 4.69) is 90.4 Å². The van der Waals surface area contributed by atoms with Gasteiger partial charge in [-0.3, -0.25) is 28.8 Å². The van der Waals surface area contributed by atoms with Crippen molar-refractivity contribution < 1.29 is 110 Å². The predicted octanol–water partition coefficient (Wildman–Crippen LogP) is 30.1. The van der Waals surface area contributed by atoms with Gasteiger partial charge in [0.2, 0.25) is 0 Å². The summed E-state index contributed by atoms with van der Waals surface area (Å²) in [6.07, 6.45) is 63.3. The van der Waals surface area contributed by atoms with Crippen molar-refractivity contribution in [2.45, 2.75) is 432 Å². The van der Waals surface area contributed by atoms with E-state index in [1.165, 1.54) is 209 Å². The first kappa shape index (κ1) is 143. The van der Waals surface area contributed by atoms with Gasteiger partial charge >= 0.3 is 47.8 Å². The number of nitrogens with two attached hydrogens (primary N) is 1. The molecule has 24 heteroatoms. The number of ether oxygens (including phenoxy) is 9. The second kappa shape index (κ2) is 95.8. The summed E-state index contributed by atoms with van der Waals surface area (Å²) < 4.78 is 44.1. The van der Waals surface area contributed by atoms with Crippen molar-refractivity contribution in [1.82, 2.24) is 0 Å². The number of carbonyl (C=O) groups is 14. The standard InChI is InChI=1S/C28H36O3.C25H30O4.C18H32O3.C17H30O4.C13H22O4.C13H22O2.C12H21NO3/c1-6-7-8-9-10-11-12-25(27(30)22-15-19-24(31-5)20-16-22)26(29)21-13-17-23(18-14-21)28(2,3)4;1-2-3-4-5-6-13-18-23(24(26)28-19-21-14-9-7-10-15-21)25(27)29-20-22-16-11-8-12-17-22;1-5-7-8-9-10-11-12-13-15(3)14-17(16(4)19)18(20)21-6-2;1-4-7-8-9-10-11-12-13-14-15(16(18)20-5-2)17(19)21-6-3;1-4-5-6-7-8-9-10-11(12(14)16-2)13(15)17-3;1-4-5-6-7-8-9-10-13(11(2)14)12(3)15;1-3-4-5-6-7-8-9-10(11(13)14)12(15)16-2/h12-20H,6-11H2,1-5H3;7-12,14-18H,2-6,13,19-20H2,1H3;14-15H,5-13H2,1-4H3;14H,4-13H2,1-3H3;10H,4-9H2,1-3H3;10H,4-9H2,1-3H3;9H,3-8H2,1-2H3,(H2,13,14)/b25-12+;;17-14+;;;;10-9+. The summed E-state index contributed by atoms with van der Waals surface area (Å²) in [4.78, 5) is 165. The molecule has 2 N–H and O–H groups in total. The van der Waals surface area contributed by atoms with Crippen LogP contribution >= 0.6 is 0 Å². The van der Waals surface area contributed by atoms with Gasteiger partial charge < -0.3 is 48.4 Å². The number of primary amides is 1. The normalized spacial score (nSPS) is 11.0. The number of hydrogen-bond donors (Lipinski definition) is 1. The number of carbonyl (C=O) groups excluding carboxylic acids is 14. The zero-order valence-electron chi connectivity index (χ0n) is 96.0. The lowest BCUT2D eigenvalue weighted by Crippen LogP contribution is -2.21. The number of rotatable bonds is 71. The van der Waals surface area contributed by atoms with E-state index >= 15 is 0 Å². The maximum atomic E-state index is 13.3. The second-order valence-corrected chi connectivity index (χ2v) is 38.1. The van der Waals surface area contributed by atoms with Crippen molar-refractivity contribution >= 4 is 82.6 Å². The summed E-state index contributed by atoms with van der Waals surface area (Å²) in [6.45, 7) is 34.3. The number of hydrogen-bond acceptors (Lipinski definition) is 23. The van der Waals surface area contributed by atoms with E-state index < -0.39 is 53.7 Å². The van der Waals surface area contributed by atoms with Gasteiger partial charge in [-0.25, -0.2) is 38.4 Å². The van der Waals surface area contributed by atoms with Crippen molar-refractivity contribution in [3.05, 3.63) is 219 Å². The number of amides is 1. The minimum Gasteiger partial charge on any atom is -0.497 e. The first-order valence-corrected chi connectivity index (χ1v) is 55.8. The number of Topliss-reactive ketones (excluding diaryl/α,β-unsaturated/α-hetero) is 5. The molecule has 4 aromatic rings. The van der Waals surface area contributed by atoms with E-state index in [-0.39, 0.29) is 100 Å². The molecule has 0 saturated carbocycles. The maximum absolute atomic E-state index is 13.3. The van der Waals surface area contributed by atoms with E-state index in [1.807, 2.05) is 91.0 Å². The third-order valence-electron chi connectivity index (χ3n) is 24.0. The monoisotopic (exact) mass is 2090 g/mol. The van der Waals surface area contributed by atoms with Crippen LogP contribution in [-0.2, 0) is 114 Å². The number of unbranched alkanes of at least 4 members (excludes halogenated alkanes) is 38. The van der Waals surface area contributed by atoms with Gasteiger partial charge in [0, 0.05) is 11.1 Å². The van der Waals surface area contributed by atoms with Crippen LogP contribution in [0.4, 0.5) is 0 Å². The summed E-state index contributed by atoms with van der Waals surface area (Å²) in [5.41, 5.74) is 9.81. The Morgan fingerprint density at radius 2 is 0.527 bits per heavy atom. The predicted molar refractivity (Wildman–Crippen MR) is 604 cm³/mol. The highest BCUT2D eigenvalue weighted by Crippen LogP contribution is 2.27. The zero-order valence-corrected chi connectivity index (χ0v) is 96.0. The molecule has 0 heterocycles. The van der Waals surface area contributed by atoms with Gasteiger partial charge in [0.1, 0.15) is 41.3 Å². The van der Waals surface area contributed by atoms with Gasteiger partial charge in [-0.05, 0) is 177 Å². The SMILES string of the molecule is CCCCCCC/C=C(/C(=O)c1ccc(OC)cc1)C(=O)c1ccc(C(C)(C)C)cc1.CCCCCCC/C=C(\C(N)=O)C(=O)OC.CCCCCCCC=C(C(=O)OC)C(=O)OC.CCCCCCCC=C(C(=O)OCc1ccccc1)C(=O)OCc1ccccc1.CCCCCCCC=C(C(C)=O)C(C)=O.CCCCCCCCCC(C)/C=C(\C(C)=O)C(=O)OCC.CCCCCCCCCC=C(C(=O)OCC)C(=O)OCC. The fourth-order valence-corrected chi connectivity index (χ4v) is 15.0. The Bertz CT molecular complexity index is 4500. The smallest absolute Gasteiger partial charge is 0.345 e. The van der Waals surface area contributed by atoms with E-state index in [9.17, 15) is 67.1 Å². The van der Waals surface area contributed by atoms with Gasteiger partial charge in [-0.15, -0.1) is 0 Å². The Labute approximate surface area is 903 Å². The zero-order chi connectivity index (χ0) is 113. The molecule has 0 bridgehead atoms. The molecule has 0 saturated heterocycles. The van der Waals surface area contributed by atoms with Crippen LogP contribution < -0.4 is 10.5 Å². The summed E-state index contributed by atoms with van der Waals surface area (Å²) in [5, 5.41) is 0. The fourth-order valence-electron chi connectivity index (χ4n) is 15.0. The van der Waals surface area contributed by atoms with Gasteiger partial charge in [0.25, 0.3) is 5.91 Å². The lowest BCUT2D eigenvalue weighted by atomic mass is 9.86. The Balaban J connectivity index is -0.00000171. The molecule has 0 fully saturated rings. The molecule has 0 spiro atoms. The Hall–Kier alpha value is -11.6. The van der Waals surface area contributed by atoms with E-state index in [0.29, 0.717) is 54.7 Å². The lowest BCUT2D eigenvalue weighted by Gasteiger charge is -2.19. The van der Waals surface area contributed by atoms with Crippen molar-refractivity contribution in [1.29, 1.82) is 0 Å². The summed E-state index contributed by atoms with van der Waals surface area (Å²) in [7, 11) is 5.33. The molecule has 4 rings (SSSR count). The first-order chi connectivity index (χ1) is 72.1. The maximum Gasteiger partial charge on any atom is 0.345 e. The highest BCUT2D eigenvalue weighted by Gasteiger charge is 2.27. The van der Waals surface area contributed by atoms with Crippen LogP contribution in [0.2, 0.25) is 0 Å². The van der Waals surface area contributed by atoms with Crippen LogP contribution in [0, 0.1) is 5.92 Å². The molecule has 24 nitrogen and oxygen atoms in total. The number of allylic oxidation sites excluding steroid dienone is 9. The quantitative estimate of drug-likeness (QED) is 0.00816. The van der Waals surface area contributed by atoms with Crippen LogP contribution in [0.15, 0.2) is 191 Å². The van der Waals surface area contributed by atoms with Crippen LogP contribution in [0.3, 0.4) is 0 Å². The van der Waals surface area contributed by atoms with Gasteiger partial charge in [-0.1, -0.05) is 416 Å². The van der Waals surface area contributed by atoms with E-state index in [0.717, 1.165) is 119 Å². The average molecular weight is 2090 g/mol. The van der Waals surface area contributed by atoms with Gasteiger partial charge in [0.05, 0.1) is 65.0 Å². The molecule has 0 aliphatic rings.